The molecule has 5 rings (SSSR count). The van der Waals surface area contributed by atoms with Gasteiger partial charge in [-0.1, -0.05) is 48.5 Å². The van der Waals surface area contributed by atoms with E-state index in [1.807, 2.05) is 23.5 Å². The van der Waals surface area contributed by atoms with Gasteiger partial charge in [0, 0.05) is 12.8 Å². The van der Waals surface area contributed by atoms with Crippen molar-refractivity contribution in [2.45, 2.75) is 48.2 Å². The molecule has 162 valence electrons. The van der Waals surface area contributed by atoms with Gasteiger partial charge in [0.05, 0.1) is 4.08 Å². The van der Waals surface area contributed by atoms with E-state index in [-0.39, 0.29) is 4.08 Å². The molecule has 2 heterocycles. The Hall–Kier alpha value is -1.38. The molecular formula is C27H31NOS2. The maximum absolute atomic E-state index is 12.5. The third kappa shape index (κ3) is 3.85. The summed E-state index contributed by atoms with van der Waals surface area (Å²) < 4.78 is -0.297. The average Bonchev–Trinajstić information content (AvgIpc) is 3.11. The first-order valence-corrected chi connectivity index (χ1v) is 13.6. The Morgan fingerprint density at radius 2 is 1.61 bits per heavy atom. The Labute approximate surface area is 195 Å². The second-order valence-electron chi connectivity index (χ2n) is 8.88. The maximum atomic E-state index is 12.5. The van der Waals surface area contributed by atoms with Crippen LogP contribution < -0.4 is 5.32 Å². The van der Waals surface area contributed by atoms with Crippen LogP contribution in [0.1, 0.15) is 49.7 Å². The Balaban J connectivity index is 1.43. The highest BCUT2D eigenvalue weighted by Gasteiger charge is 2.58. The summed E-state index contributed by atoms with van der Waals surface area (Å²) in [6, 6.07) is 16.9. The first-order valence-electron chi connectivity index (χ1n) is 11.6. The SMILES string of the molecule is OC1(C2(CCC#CCC3CCCNC3)SCCCS2)c2ccccc2-c2ccccc21. The zero-order valence-corrected chi connectivity index (χ0v) is 19.7. The number of thioether (sulfide) groups is 2. The molecule has 2 nitrogen and oxygen atoms in total. The fourth-order valence-electron chi connectivity index (χ4n) is 5.36. The molecule has 2 aromatic rings. The second kappa shape index (κ2) is 9.24. The van der Waals surface area contributed by atoms with E-state index in [2.05, 4.69) is 65.7 Å². The first-order chi connectivity index (χ1) is 15.2. The summed E-state index contributed by atoms with van der Waals surface area (Å²) in [7, 11) is 0. The summed E-state index contributed by atoms with van der Waals surface area (Å²) in [4.78, 5) is 0. The lowest BCUT2D eigenvalue weighted by molar-refractivity contribution is 0.0691. The van der Waals surface area contributed by atoms with Crippen LogP contribution in [0.2, 0.25) is 0 Å². The quantitative estimate of drug-likeness (QED) is 0.592. The summed E-state index contributed by atoms with van der Waals surface area (Å²) in [6.45, 7) is 2.26. The minimum absolute atomic E-state index is 0.297. The molecule has 0 radical (unpaired) electrons. The molecule has 31 heavy (non-hydrogen) atoms. The van der Waals surface area contributed by atoms with Crippen LogP contribution in [-0.4, -0.2) is 33.8 Å². The molecule has 1 unspecified atom stereocenters. The molecule has 4 heteroatoms. The number of hydrogen-bond donors (Lipinski definition) is 2. The van der Waals surface area contributed by atoms with Gasteiger partial charge in [-0.05, 0) is 78.5 Å². The van der Waals surface area contributed by atoms with E-state index in [1.54, 1.807) is 0 Å². The first kappa shape index (κ1) is 21.5. The minimum atomic E-state index is -0.981. The van der Waals surface area contributed by atoms with Gasteiger partial charge in [-0.3, -0.25) is 0 Å². The van der Waals surface area contributed by atoms with E-state index in [0.717, 1.165) is 55.0 Å². The number of nitrogens with one attached hydrogen (secondary N) is 1. The van der Waals surface area contributed by atoms with Crippen LogP contribution in [0.5, 0.6) is 0 Å². The number of aliphatic hydroxyl groups is 1. The topological polar surface area (TPSA) is 32.3 Å². The number of piperidine rings is 1. The molecule has 0 spiro atoms. The number of benzene rings is 2. The van der Waals surface area contributed by atoms with Crippen molar-refractivity contribution in [3.05, 3.63) is 59.7 Å². The van der Waals surface area contributed by atoms with Crippen LogP contribution in [0.3, 0.4) is 0 Å². The minimum Gasteiger partial charge on any atom is -0.378 e. The maximum Gasteiger partial charge on any atom is 0.140 e. The molecule has 2 aromatic carbocycles. The molecule has 3 aliphatic rings. The van der Waals surface area contributed by atoms with Crippen LogP contribution in [0.4, 0.5) is 0 Å². The van der Waals surface area contributed by atoms with Crippen molar-refractivity contribution in [1.29, 1.82) is 0 Å². The molecule has 0 saturated carbocycles. The predicted molar refractivity (Wildman–Crippen MR) is 134 cm³/mol. The molecule has 1 atom stereocenters. The van der Waals surface area contributed by atoms with E-state index in [1.165, 1.54) is 30.4 Å². The third-order valence-corrected chi connectivity index (χ3v) is 10.6. The fourth-order valence-corrected chi connectivity index (χ4v) is 8.96. The van der Waals surface area contributed by atoms with Crippen molar-refractivity contribution in [2.24, 2.45) is 5.92 Å². The van der Waals surface area contributed by atoms with Crippen LogP contribution in [0.25, 0.3) is 11.1 Å². The van der Waals surface area contributed by atoms with Crippen LogP contribution in [0, 0.1) is 17.8 Å². The predicted octanol–water partition coefficient (Wildman–Crippen LogP) is 5.64. The molecule has 1 aliphatic carbocycles. The lowest BCUT2D eigenvalue weighted by atomic mass is 9.85. The summed E-state index contributed by atoms with van der Waals surface area (Å²) in [5.74, 6) is 9.84. The van der Waals surface area contributed by atoms with Gasteiger partial charge in [0.25, 0.3) is 0 Å². The lowest BCUT2D eigenvalue weighted by Crippen LogP contribution is -2.48. The van der Waals surface area contributed by atoms with Gasteiger partial charge >= 0.3 is 0 Å². The van der Waals surface area contributed by atoms with E-state index < -0.39 is 5.60 Å². The Bertz CT molecular complexity index is 934. The summed E-state index contributed by atoms with van der Waals surface area (Å²) in [5.41, 5.74) is 3.52. The monoisotopic (exact) mass is 449 g/mol. The Kier molecular flexibility index (Phi) is 6.40. The van der Waals surface area contributed by atoms with Crippen molar-refractivity contribution < 1.29 is 5.11 Å². The molecule has 2 saturated heterocycles. The van der Waals surface area contributed by atoms with Gasteiger partial charge in [0.1, 0.15) is 5.60 Å². The van der Waals surface area contributed by atoms with E-state index in [0.29, 0.717) is 5.92 Å². The molecule has 2 aliphatic heterocycles. The highest BCUT2D eigenvalue weighted by Crippen LogP contribution is 2.63. The van der Waals surface area contributed by atoms with Gasteiger partial charge in [0.15, 0.2) is 0 Å². The highest BCUT2D eigenvalue weighted by molar-refractivity contribution is 8.18. The van der Waals surface area contributed by atoms with Gasteiger partial charge < -0.3 is 10.4 Å². The molecular weight excluding hydrogens is 418 g/mol. The smallest absolute Gasteiger partial charge is 0.140 e. The summed E-state index contributed by atoms with van der Waals surface area (Å²) in [6.07, 6.45) is 6.51. The van der Waals surface area contributed by atoms with Crippen LogP contribution >= 0.6 is 23.5 Å². The second-order valence-corrected chi connectivity index (χ2v) is 11.9. The van der Waals surface area contributed by atoms with Crippen molar-refractivity contribution >= 4 is 23.5 Å². The lowest BCUT2D eigenvalue weighted by Gasteiger charge is -2.47. The van der Waals surface area contributed by atoms with E-state index in [9.17, 15) is 5.11 Å². The zero-order valence-electron chi connectivity index (χ0n) is 18.0. The van der Waals surface area contributed by atoms with Gasteiger partial charge in [-0.25, -0.2) is 0 Å². The van der Waals surface area contributed by atoms with Crippen LogP contribution in [0.15, 0.2) is 48.5 Å². The third-order valence-electron chi connectivity index (χ3n) is 6.93. The van der Waals surface area contributed by atoms with Crippen LogP contribution in [-0.2, 0) is 5.60 Å². The molecule has 0 amide bonds. The van der Waals surface area contributed by atoms with Crippen molar-refractivity contribution in [3.63, 3.8) is 0 Å². The van der Waals surface area contributed by atoms with Crippen molar-refractivity contribution in [2.75, 3.05) is 24.6 Å². The van der Waals surface area contributed by atoms with Gasteiger partial charge in [-0.15, -0.1) is 35.4 Å². The summed E-state index contributed by atoms with van der Waals surface area (Å²) >= 11 is 3.91. The highest BCUT2D eigenvalue weighted by atomic mass is 32.2. The zero-order chi connectivity index (χ0) is 21.2. The van der Waals surface area contributed by atoms with Crippen molar-refractivity contribution in [1.82, 2.24) is 5.32 Å². The number of hydrogen-bond acceptors (Lipinski definition) is 4. The number of rotatable bonds is 4. The Morgan fingerprint density at radius 3 is 2.26 bits per heavy atom. The molecule has 2 fully saturated rings. The molecule has 0 bridgehead atoms. The molecule has 2 N–H and O–H groups in total. The Morgan fingerprint density at radius 1 is 0.935 bits per heavy atom. The average molecular weight is 450 g/mol. The van der Waals surface area contributed by atoms with Gasteiger partial charge in [-0.2, -0.15) is 0 Å². The van der Waals surface area contributed by atoms with Gasteiger partial charge in [0.2, 0.25) is 0 Å². The van der Waals surface area contributed by atoms with E-state index >= 15 is 0 Å². The van der Waals surface area contributed by atoms with Crippen molar-refractivity contribution in [3.8, 4) is 23.0 Å². The summed E-state index contributed by atoms with van der Waals surface area (Å²) in [5, 5.41) is 16.0. The standard InChI is InChI=1S/C27H31NOS2/c29-27(24-14-5-3-12-22(24)23-13-4-6-15-25(23)27)26(30-18-9-19-31-26)16-7-1-2-10-21-11-8-17-28-20-21/h3-6,12-15,21,28-29H,7-11,16-20H2. The molecule has 0 aromatic heterocycles. The fraction of sp³-hybridized carbons (Fsp3) is 0.481. The number of fused-ring (bicyclic) bond motifs is 3. The van der Waals surface area contributed by atoms with E-state index in [4.69, 9.17) is 0 Å². The normalized spacial score (nSPS) is 23.3. The largest absolute Gasteiger partial charge is 0.378 e.